The summed E-state index contributed by atoms with van der Waals surface area (Å²) in [6.45, 7) is 6.52. The Bertz CT molecular complexity index is 1330. The SMILES string of the molecule is Cc1ccc2c3nccc(C)c3c3n(c2c1)c1c(C)cccc1[n+]3C. The number of benzene rings is 2. The molecule has 0 saturated heterocycles. The Balaban J connectivity index is 2.30. The van der Waals surface area contributed by atoms with Gasteiger partial charge in [0, 0.05) is 17.1 Å². The molecule has 3 heteroatoms. The molecule has 0 fully saturated rings. The third-order valence-corrected chi connectivity index (χ3v) is 5.36. The van der Waals surface area contributed by atoms with Gasteiger partial charge in [-0.15, -0.1) is 0 Å². The number of hydrogen-bond acceptors (Lipinski definition) is 1. The third kappa shape index (κ3) is 1.75. The van der Waals surface area contributed by atoms with Crippen LogP contribution in [0.3, 0.4) is 0 Å². The van der Waals surface area contributed by atoms with Gasteiger partial charge in [0.2, 0.25) is 0 Å². The summed E-state index contributed by atoms with van der Waals surface area (Å²) < 4.78 is 4.73. The molecule has 0 saturated carbocycles. The van der Waals surface area contributed by atoms with E-state index in [4.69, 9.17) is 4.98 Å². The average Bonchev–Trinajstić information content (AvgIpc) is 2.90. The van der Waals surface area contributed by atoms with E-state index in [1.807, 2.05) is 6.20 Å². The van der Waals surface area contributed by atoms with Crippen molar-refractivity contribution in [2.75, 3.05) is 0 Å². The second-order valence-corrected chi connectivity index (χ2v) is 7.03. The van der Waals surface area contributed by atoms with Crippen molar-refractivity contribution in [3.8, 4) is 0 Å². The summed E-state index contributed by atoms with van der Waals surface area (Å²) in [6.07, 6.45) is 1.92. The van der Waals surface area contributed by atoms with Crippen molar-refractivity contribution in [2.24, 2.45) is 7.05 Å². The molecule has 0 amide bonds. The molecule has 3 nitrogen and oxygen atoms in total. The number of para-hydroxylation sites is 1. The van der Waals surface area contributed by atoms with Gasteiger partial charge >= 0.3 is 0 Å². The fraction of sp³-hybridized carbons (Fsp3) is 0.182. The second kappa shape index (κ2) is 4.79. The van der Waals surface area contributed by atoms with Gasteiger partial charge < -0.3 is 0 Å². The first kappa shape index (κ1) is 14.4. The highest BCUT2D eigenvalue weighted by molar-refractivity contribution is 6.12. The number of aromatic nitrogens is 3. The van der Waals surface area contributed by atoms with E-state index in [1.54, 1.807) is 0 Å². The predicted molar refractivity (Wildman–Crippen MR) is 103 cm³/mol. The zero-order valence-corrected chi connectivity index (χ0v) is 15.0. The van der Waals surface area contributed by atoms with E-state index in [-0.39, 0.29) is 0 Å². The number of aryl methyl sites for hydroxylation is 4. The fourth-order valence-corrected chi connectivity index (χ4v) is 4.16. The zero-order valence-electron chi connectivity index (χ0n) is 15.0. The predicted octanol–water partition coefficient (Wildman–Crippen LogP) is 4.54. The second-order valence-electron chi connectivity index (χ2n) is 7.03. The monoisotopic (exact) mass is 326 g/mol. The number of fused-ring (bicyclic) bond motifs is 8. The van der Waals surface area contributed by atoms with Crippen LogP contribution in [0.2, 0.25) is 0 Å². The van der Waals surface area contributed by atoms with E-state index in [0.29, 0.717) is 0 Å². The van der Waals surface area contributed by atoms with Crippen molar-refractivity contribution in [1.29, 1.82) is 0 Å². The number of imidazole rings is 1. The number of hydrogen-bond donors (Lipinski definition) is 0. The summed E-state index contributed by atoms with van der Waals surface area (Å²) in [4.78, 5) is 4.76. The van der Waals surface area contributed by atoms with Crippen LogP contribution in [0, 0.1) is 20.8 Å². The zero-order chi connectivity index (χ0) is 17.3. The highest BCUT2D eigenvalue weighted by Gasteiger charge is 2.25. The van der Waals surface area contributed by atoms with Gasteiger partial charge in [0.05, 0.1) is 18.0 Å². The molecular formula is C22H20N3+. The smallest absolute Gasteiger partial charge is 0.255 e. The van der Waals surface area contributed by atoms with Crippen LogP contribution in [0.5, 0.6) is 0 Å². The largest absolute Gasteiger partial charge is 0.297 e. The Hall–Kier alpha value is -2.94. The van der Waals surface area contributed by atoms with Gasteiger partial charge in [0.25, 0.3) is 5.65 Å². The molecule has 25 heavy (non-hydrogen) atoms. The maximum atomic E-state index is 4.76. The van der Waals surface area contributed by atoms with Gasteiger partial charge in [-0.05, 0) is 56.2 Å². The van der Waals surface area contributed by atoms with Gasteiger partial charge in [-0.25, -0.2) is 4.57 Å². The fourth-order valence-electron chi connectivity index (χ4n) is 4.16. The van der Waals surface area contributed by atoms with E-state index in [2.05, 4.69) is 79.3 Å². The van der Waals surface area contributed by atoms with Crippen LogP contribution in [-0.4, -0.2) is 9.38 Å². The van der Waals surface area contributed by atoms with Crippen LogP contribution in [-0.2, 0) is 7.05 Å². The van der Waals surface area contributed by atoms with Crippen LogP contribution < -0.4 is 4.57 Å². The lowest BCUT2D eigenvalue weighted by Crippen LogP contribution is -2.27. The lowest BCUT2D eigenvalue weighted by Gasteiger charge is -2.07. The summed E-state index contributed by atoms with van der Waals surface area (Å²) in [6, 6.07) is 15.3. The molecule has 0 N–H and O–H groups in total. The van der Waals surface area contributed by atoms with Gasteiger partial charge in [-0.1, -0.05) is 18.2 Å². The van der Waals surface area contributed by atoms with E-state index >= 15 is 0 Å². The molecule has 0 spiro atoms. The maximum absolute atomic E-state index is 4.76. The van der Waals surface area contributed by atoms with Crippen molar-refractivity contribution in [2.45, 2.75) is 20.8 Å². The summed E-state index contributed by atoms with van der Waals surface area (Å²) in [5.41, 5.74) is 9.85. The lowest BCUT2D eigenvalue weighted by molar-refractivity contribution is -0.617. The van der Waals surface area contributed by atoms with Crippen molar-refractivity contribution < 1.29 is 4.57 Å². The molecule has 0 unspecified atom stereocenters. The molecule has 0 radical (unpaired) electrons. The van der Waals surface area contributed by atoms with Crippen LogP contribution in [0.1, 0.15) is 16.7 Å². The molecule has 0 aliphatic heterocycles. The molecule has 3 aromatic heterocycles. The van der Waals surface area contributed by atoms with Gasteiger partial charge in [0.1, 0.15) is 5.52 Å². The van der Waals surface area contributed by atoms with Crippen molar-refractivity contribution in [3.05, 3.63) is 65.4 Å². The molecule has 0 aliphatic rings. The minimum absolute atomic E-state index is 1.08. The molecule has 0 bridgehead atoms. The summed E-state index contributed by atoms with van der Waals surface area (Å²) in [5.74, 6) is 0. The number of pyridine rings is 2. The summed E-state index contributed by atoms with van der Waals surface area (Å²) in [5, 5.41) is 2.44. The highest BCUT2D eigenvalue weighted by Crippen LogP contribution is 2.33. The first-order chi connectivity index (χ1) is 12.1. The van der Waals surface area contributed by atoms with E-state index in [1.165, 1.54) is 49.7 Å². The van der Waals surface area contributed by atoms with E-state index in [0.717, 1.165) is 5.52 Å². The normalized spacial score (nSPS) is 12.0. The van der Waals surface area contributed by atoms with Crippen molar-refractivity contribution in [3.63, 3.8) is 0 Å². The lowest BCUT2D eigenvalue weighted by atomic mass is 10.1. The minimum atomic E-state index is 1.08. The summed E-state index contributed by atoms with van der Waals surface area (Å²) in [7, 11) is 2.16. The molecule has 2 aromatic carbocycles. The molecule has 3 heterocycles. The molecule has 5 aromatic rings. The van der Waals surface area contributed by atoms with Crippen molar-refractivity contribution in [1.82, 2.24) is 9.38 Å². The first-order valence-corrected chi connectivity index (χ1v) is 8.65. The molecular weight excluding hydrogens is 306 g/mol. The highest BCUT2D eigenvalue weighted by atomic mass is 15.1. The molecule has 0 aliphatic carbocycles. The maximum Gasteiger partial charge on any atom is 0.297 e. The van der Waals surface area contributed by atoms with E-state index in [9.17, 15) is 0 Å². The van der Waals surface area contributed by atoms with E-state index < -0.39 is 0 Å². The first-order valence-electron chi connectivity index (χ1n) is 8.65. The van der Waals surface area contributed by atoms with Crippen LogP contribution in [0.15, 0.2) is 48.7 Å². The topological polar surface area (TPSA) is 21.2 Å². The van der Waals surface area contributed by atoms with Crippen LogP contribution in [0.4, 0.5) is 0 Å². The minimum Gasteiger partial charge on any atom is -0.255 e. The summed E-state index contributed by atoms with van der Waals surface area (Å²) >= 11 is 0. The number of nitrogens with zero attached hydrogens (tertiary/aromatic N) is 3. The Kier molecular flexibility index (Phi) is 2.76. The van der Waals surface area contributed by atoms with Crippen molar-refractivity contribution >= 4 is 38.5 Å². The molecule has 122 valence electrons. The van der Waals surface area contributed by atoms with Gasteiger partial charge in [0.15, 0.2) is 11.0 Å². The molecule has 0 atom stereocenters. The molecule has 5 rings (SSSR count). The third-order valence-electron chi connectivity index (χ3n) is 5.36. The Labute approximate surface area is 146 Å². The number of rotatable bonds is 0. The Morgan fingerprint density at radius 1 is 0.960 bits per heavy atom. The van der Waals surface area contributed by atoms with Gasteiger partial charge in [-0.3, -0.25) is 4.98 Å². The quantitative estimate of drug-likeness (QED) is 0.302. The van der Waals surface area contributed by atoms with Gasteiger partial charge in [-0.2, -0.15) is 4.40 Å². The van der Waals surface area contributed by atoms with Crippen LogP contribution >= 0.6 is 0 Å². The Morgan fingerprint density at radius 2 is 1.80 bits per heavy atom. The standard InChI is InChI=1S/C22H20N3/c1-13-8-9-16-18(12-13)25-21-15(3)6-5-7-17(21)24(4)22(25)19-14(2)10-11-23-20(16)19/h5-12H,1-4H3/q+1. The van der Waals surface area contributed by atoms with Crippen LogP contribution in [0.25, 0.3) is 38.5 Å². The Morgan fingerprint density at radius 3 is 2.64 bits per heavy atom. The average molecular weight is 326 g/mol.